The van der Waals surface area contributed by atoms with Crippen LogP contribution in [0.5, 0.6) is 0 Å². The fraction of sp³-hybridized carbons (Fsp3) is 0.444. The van der Waals surface area contributed by atoms with E-state index in [1.54, 1.807) is 7.11 Å². The third kappa shape index (κ3) is 1.67. The van der Waals surface area contributed by atoms with Crippen molar-refractivity contribution in [1.29, 1.82) is 5.26 Å². The number of rotatable bonds is 2. The van der Waals surface area contributed by atoms with Crippen LogP contribution >= 0.6 is 11.3 Å². The summed E-state index contributed by atoms with van der Waals surface area (Å²) in [6, 6.07) is 2.09. The number of nitrogens with zero attached hydrogens (tertiary/aromatic N) is 1. The van der Waals surface area contributed by atoms with Gasteiger partial charge >= 0.3 is 0 Å². The first-order valence-corrected chi connectivity index (χ1v) is 4.73. The molecule has 1 heterocycles. The highest BCUT2D eigenvalue weighted by atomic mass is 32.1. The van der Waals surface area contributed by atoms with E-state index in [0.717, 1.165) is 5.56 Å². The van der Waals surface area contributed by atoms with E-state index in [4.69, 9.17) is 15.7 Å². The summed E-state index contributed by atoms with van der Waals surface area (Å²) < 4.78 is 5.28. The maximum Gasteiger partial charge on any atom is 0.104 e. The van der Waals surface area contributed by atoms with Gasteiger partial charge in [-0.25, -0.2) is 0 Å². The second-order valence-corrected chi connectivity index (χ2v) is 4.13. The number of anilines is 1. The van der Waals surface area contributed by atoms with Crippen LogP contribution in [0.25, 0.3) is 0 Å². The van der Waals surface area contributed by atoms with Crippen LogP contribution in [0, 0.1) is 11.3 Å². The Bertz CT molecular complexity index is 349. The molecule has 0 bridgehead atoms. The zero-order chi connectivity index (χ0) is 10.1. The van der Waals surface area contributed by atoms with Crippen LogP contribution < -0.4 is 5.73 Å². The topological polar surface area (TPSA) is 59.0 Å². The van der Waals surface area contributed by atoms with Crippen LogP contribution in [0.15, 0.2) is 5.38 Å². The molecule has 0 aromatic carbocycles. The van der Waals surface area contributed by atoms with Crippen molar-refractivity contribution in [2.24, 2.45) is 0 Å². The summed E-state index contributed by atoms with van der Waals surface area (Å²) in [5.41, 5.74) is 6.60. The van der Waals surface area contributed by atoms with Crippen molar-refractivity contribution in [3.63, 3.8) is 0 Å². The van der Waals surface area contributed by atoms with Crippen molar-refractivity contribution in [3.05, 3.63) is 16.5 Å². The number of nitrogens with two attached hydrogens (primary N) is 1. The number of thiophene rings is 1. The zero-order valence-corrected chi connectivity index (χ0v) is 8.73. The molecule has 0 spiro atoms. The van der Waals surface area contributed by atoms with Crippen molar-refractivity contribution < 1.29 is 4.74 Å². The molecule has 3 nitrogen and oxygen atoms in total. The first-order valence-electron chi connectivity index (χ1n) is 3.85. The van der Waals surface area contributed by atoms with Gasteiger partial charge in [0.2, 0.25) is 0 Å². The first-order chi connectivity index (χ1) is 6.03. The molecule has 0 aliphatic carbocycles. The molecule has 13 heavy (non-hydrogen) atoms. The summed E-state index contributed by atoms with van der Waals surface area (Å²) in [6.45, 7) is 3.82. The highest BCUT2D eigenvalue weighted by Gasteiger charge is 2.25. The van der Waals surface area contributed by atoms with Gasteiger partial charge in [0.25, 0.3) is 0 Å². The number of hydrogen-bond donors (Lipinski definition) is 1. The molecule has 0 atom stereocenters. The maximum absolute atomic E-state index is 8.87. The van der Waals surface area contributed by atoms with E-state index in [1.165, 1.54) is 11.3 Å². The number of hydrogen-bond acceptors (Lipinski definition) is 4. The predicted molar refractivity (Wildman–Crippen MR) is 53.5 cm³/mol. The smallest absolute Gasteiger partial charge is 0.104 e. The van der Waals surface area contributed by atoms with Gasteiger partial charge in [-0.15, -0.1) is 11.3 Å². The van der Waals surface area contributed by atoms with Gasteiger partial charge in [0, 0.05) is 18.1 Å². The van der Waals surface area contributed by atoms with E-state index in [2.05, 4.69) is 6.07 Å². The lowest BCUT2D eigenvalue weighted by molar-refractivity contribution is 0.0194. The molecule has 0 aliphatic heterocycles. The van der Waals surface area contributed by atoms with Crippen LogP contribution in [0.4, 0.5) is 5.00 Å². The Balaban J connectivity index is 3.24. The van der Waals surface area contributed by atoms with Crippen molar-refractivity contribution >= 4 is 16.3 Å². The molecule has 0 radical (unpaired) electrons. The van der Waals surface area contributed by atoms with Crippen molar-refractivity contribution in [1.82, 2.24) is 0 Å². The fourth-order valence-corrected chi connectivity index (χ4v) is 1.96. The highest BCUT2D eigenvalue weighted by molar-refractivity contribution is 7.14. The van der Waals surface area contributed by atoms with Gasteiger partial charge in [-0.2, -0.15) is 5.26 Å². The van der Waals surface area contributed by atoms with Gasteiger partial charge in [-0.3, -0.25) is 0 Å². The van der Waals surface area contributed by atoms with Crippen LogP contribution in [-0.4, -0.2) is 7.11 Å². The van der Waals surface area contributed by atoms with E-state index < -0.39 is 5.60 Å². The Kier molecular flexibility index (Phi) is 2.60. The number of nitriles is 1. The minimum absolute atomic E-state index is 0.445. The molecule has 4 heteroatoms. The van der Waals surface area contributed by atoms with E-state index in [-0.39, 0.29) is 0 Å². The maximum atomic E-state index is 8.87. The monoisotopic (exact) mass is 196 g/mol. The highest BCUT2D eigenvalue weighted by Crippen LogP contribution is 2.34. The Morgan fingerprint density at radius 2 is 2.23 bits per heavy atom. The Labute approximate surface area is 81.7 Å². The molecule has 1 aromatic rings. The van der Waals surface area contributed by atoms with E-state index in [9.17, 15) is 0 Å². The summed E-state index contributed by atoms with van der Waals surface area (Å²) in [6.07, 6.45) is 0. The molecule has 0 saturated heterocycles. The van der Waals surface area contributed by atoms with E-state index >= 15 is 0 Å². The second-order valence-electron chi connectivity index (χ2n) is 3.21. The normalized spacial score (nSPS) is 11.2. The summed E-state index contributed by atoms with van der Waals surface area (Å²) >= 11 is 1.37. The third-order valence-electron chi connectivity index (χ3n) is 2.09. The number of nitrogen functional groups attached to an aromatic ring is 1. The molecule has 0 aliphatic rings. The lowest BCUT2D eigenvalue weighted by atomic mass is 9.97. The number of ether oxygens (including phenoxy) is 1. The molecule has 70 valence electrons. The summed E-state index contributed by atoms with van der Waals surface area (Å²) in [7, 11) is 1.62. The first kappa shape index (κ1) is 10.0. The molecule has 2 N–H and O–H groups in total. The standard InChI is InChI=1S/C9H12N2OS/c1-9(2,12-3)7-5-13-8(11)6(7)4-10/h5H,11H2,1-3H3. The average molecular weight is 196 g/mol. The van der Waals surface area contributed by atoms with Gasteiger partial charge < -0.3 is 10.5 Å². The molecule has 0 unspecified atom stereocenters. The molecule has 1 rings (SSSR count). The van der Waals surface area contributed by atoms with Gasteiger partial charge in [0.1, 0.15) is 11.1 Å². The molecular formula is C9H12N2OS. The molecule has 1 aromatic heterocycles. The van der Waals surface area contributed by atoms with Gasteiger partial charge in [0.05, 0.1) is 11.2 Å². The Morgan fingerprint density at radius 1 is 1.62 bits per heavy atom. The van der Waals surface area contributed by atoms with Gasteiger partial charge in [-0.1, -0.05) is 0 Å². The Hall–Kier alpha value is -1.05. The van der Waals surface area contributed by atoms with Crippen molar-refractivity contribution in [2.45, 2.75) is 19.4 Å². The van der Waals surface area contributed by atoms with E-state index in [0.29, 0.717) is 10.6 Å². The predicted octanol–water partition coefficient (Wildman–Crippen LogP) is 2.08. The molecular weight excluding hydrogens is 184 g/mol. The molecule has 0 saturated carbocycles. The summed E-state index contributed by atoms with van der Waals surface area (Å²) in [5, 5.41) is 11.3. The lowest BCUT2D eigenvalue weighted by Crippen LogP contribution is -2.19. The average Bonchev–Trinajstić information content (AvgIpc) is 2.47. The van der Waals surface area contributed by atoms with Crippen LogP contribution in [-0.2, 0) is 10.3 Å². The second kappa shape index (κ2) is 3.36. The zero-order valence-electron chi connectivity index (χ0n) is 7.92. The summed E-state index contributed by atoms with van der Waals surface area (Å²) in [5.74, 6) is 0. The van der Waals surface area contributed by atoms with Crippen molar-refractivity contribution in [2.75, 3.05) is 12.8 Å². The fourth-order valence-electron chi connectivity index (χ4n) is 1.04. The molecule has 0 amide bonds. The van der Waals surface area contributed by atoms with Crippen LogP contribution in [0.2, 0.25) is 0 Å². The van der Waals surface area contributed by atoms with Crippen LogP contribution in [0.3, 0.4) is 0 Å². The Morgan fingerprint density at radius 3 is 2.69 bits per heavy atom. The molecule has 0 fully saturated rings. The number of methoxy groups -OCH3 is 1. The minimum atomic E-state index is -0.445. The quantitative estimate of drug-likeness (QED) is 0.787. The SMILES string of the molecule is COC(C)(C)c1csc(N)c1C#N. The van der Waals surface area contributed by atoms with E-state index in [1.807, 2.05) is 19.2 Å². The summed E-state index contributed by atoms with van der Waals surface area (Å²) in [4.78, 5) is 0. The van der Waals surface area contributed by atoms with Gasteiger partial charge in [-0.05, 0) is 13.8 Å². The largest absolute Gasteiger partial charge is 0.389 e. The third-order valence-corrected chi connectivity index (χ3v) is 2.90. The van der Waals surface area contributed by atoms with Crippen molar-refractivity contribution in [3.8, 4) is 6.07 Å². The lowest BCUT2D eigenvalue weighted by Gasteiger charge is -2.22. The van der Waals surface area contributed by atoms with Crippen LogP contribution in [0.1, 0.15) is 25.0 Å². The minimum Gasteiger partial charge on any atom is -0.389 e. The van der Waals surface area contributed by atoms with Gasteiger partial charge in [0.15, 0.2) is 0 Å².